The van der Waals surface area contributed by atoms with E-state index in [2.05, 4.69) is 4.98 Å². The Morgan fingerprint density at radius 1 is 1.26 bits per heavy atom. The zero-order chi connectivity index (χ0) is 13.9. The van der Waals surface area contributed by atoms with Crippen LogP contribution >= 0.6 is 0 Å². The van der Waals surface area contributed by atoms with E-state index in [4.69, 9.17) is 0 Å². The van der Waals surface area contributed by atoms with Crippen LogP contribution in [0.2, 0.25) is 0 Å². The molecule has 0 saturated heterocycles. The second-order valence-electron chi connectivity index (χ2n) is 4.14. The Hall–Kier alpha value is -2.08. The molecular formula is C13H13N2O3S+. The fourth-order valence-electron chi connectivity index (χ4n) is 1.61. The zero-order valence-corrected chi connectivity index (χ0v) is 11.2. The Bertz CT molecular complexity index is 697. The number of nitrogens with zero attached hydrogens (tertiary/aromatic N) is 2. The quantitative estimate of drug-likeness (QED) is 0.608. The number of rotatable bonds is 4. The van der Waals surface area contributed by atoms with Gasteiger partial charge in [0.2, 0.25) is 12.3 Å². The van der Waals surface area contributed by atoms with Gasteiger partial charge in [0.25, 0.3) is 0 Å². The van der Waals surface area contributed by atoms with Crippen LogP contribution < -0.4 is 4.57 Å². The molecule has 0 atom stereocenters. The first-order valence-electron chi connectivity index (χ1n) is 5.59. The first-order valence-corrected chi connectivity index (χ1v) is 7.48. The van der Waals surface area contributed by atoms with Crippen molar-refractivity contribution in [3.8, 4) is 0 Å². The van der Waals surface area contributed by atoms with Gasteiger partial charge in [0.05, 0.1) is 17.3 Å². The van der Waals surface area contributed by atoms with Gasteiger partial charge in [-0.1, -0.05) is 12.1 Å². The normalized spacial score (nSPS) is 11.2. The molecular weight excluding hydrogens is 264 g/mol. The Balaban J connectivity index is 2.25. The number of hydrogen-bond acceptors (Lipinski definition) is 4. The van der Waals surface area contributed by atoms with E-state index in [0.29, 0.717) is 5.56 Å². The van der Waals surface area contributed by atoms with Crippen LogP contribution in [0.15, 0.2) is 53.9 Å². The minimum Gasteiger partial charge on any atom is -0.287 e. The highest BCUT2D eigenvalue weighted by Gasteiger charge is 2.14. The summed E-state index contributed by atoms with van der Waals surface area (Å²) in [5, 5.41) is 0. The molecule has 1 aromatic heterocycles. The van der Waals surface area contributed by atoms with Crippen molar-refractivity contribution in [2.24, 2.45) is 0 Å². The van der Waals surface area contributed by atoms with Crippen LogP contribution in [0.1, 0.15) is 10.4 Å². The lowest BCUT2D eigenvalue weighted by molar-refractivity contribution is -0.683. The fourth-order valence-corrected chi connectivity index (χ4v) is 2.28. The van der Waals surface area contributed by atoms with Crippen molar-refractivity contribution in [3.63, 3.8) is 0 Å². The largest absolute Gasteiger partial charge is 0.287 e. The van der Waals surface area contributed by atoms with Crippen LogP contribution in [0.3, 0.4) is 0 Å². The summed E-state index contributed by atoms with van der Waals surface area (Å²) < 4.78 is 24.6. The van der Waals surface area contributed by atoms with Crippen LogP contribution in [0, 0.1) is 0 Å². The van der Waals surface area contributed by atoms with E-state index in [0.717, 1.165) is 6.26 Å². The Morgan fingerprint density at radius 3 is 2.58 bits per heavy atom. The lowest BCUT2D eigenvalue weighted by Crippen LogP contribution is -2.37. The van der Waals surface area contributed by atoms with E-state index in [-0.39, 0.29) is 17.2 Å². The van der Waals surface area contributed by atoms with Gasteiger partial charge in [-0.2, -0.15) is 4.57 Å². The SMILES string of the molecule is CS(=O)(=O)c1cccc(C(=O)C[n+]2ccncc2)c1. The van der Waals surface area contributed by atoms with Crippen LogP contribution in [-0.4, -0.2) is 25.4 Å². The van der Waals surface area contributed by atoms with E-state index in [9.17, 15) is 13.2 Å². The Morgan fingerprint density at radius 2 is 1.95 bits per heavy atom. The molecule has 98 valence electrons. The molecule has 0 amide bonds. The van der Waals surface area contributed by atoms with Crippen molar-refractivity contribution in [3.05, 3.63) is 54.6 Å². The van der Waals surface area contributed by atoms with Gasteiger partial charge in [0.15, 0.2) is 22.2 Å². The number of hydrogen-bond donors (Lipinski definition) is 0. The van der Waals surface area contributed by atoms with E-state index in [1.807, 2.05) is 0 Å². The Labute approximate surface area is 111 Å². The van der Waals surface area contributed by atoms with Crippen molar-refractivity contribution >= 4 is 15.6 Å². The molecule has 0 bridgehead atoms. The van der Waals surface area contributed by atoms with Crippen molar-refractivity contribution in [1.82, 2.24) is 4.98 Å². The van der Waals surface area contributed by atoms with E-state index < -0.39 is 9.84 Å². The summed E-state index contributed by atoms with van der Waals surface area (Å²) in [5.74, 6) is -0.151. The summed E-state index contributed by atoms with van der Waals surface area (Å²) in [4.78, 5) is 16.1. The monoisotopic (exact) mass is 277 g/mol. The summed E-state index contributed by atoms with van der Waals surface area (Å²) in [6, 6.07) is 6.06. The first kappa shape index (κ1) is 13.4. The molecule has 1 heterocycles. The second kappa shape index (κ2) is 5.27. The third kappa shape index (κ3) is 3.45. The highest BCUT2D eigenvalue weighted by molar-refractivity contribution is 7.90. The topological polar surface area (TPSA) is 68.0 Å². The van der Waals surface area contributed by atoms with Gasteiger partial charge in [-0.3, -0.25) is 9.78 Å². The number of carbonyl (C=O) groups is 1. The lowest BCUT2D eigenvalue weighted by Gasteiger charge is -2.01. The highest BCUT2D eigenvalue weighted by Crippen LogP contribution is 2.11. The average molecular weight is 277 g/mol. The number of Topliss-reactive ketones (excluding diaryl/α,β-unsaturated/α-hetero) is 1. The third-order valence-electron chi connectivity index (χ3n) is 2.60. The average Bonchev–Trinajstić information content (AvgIpc) is 2.39. The van der Waals surface area contributed by atoms with Crippen LogP contribution in [0.5, 0.6) is 0 Å². The number of sulfone groups is 1. The summed E-state index contributed by atoms with van der Waals surface area (Å²) in [6.07, 6.45) is 7.64. The van der Waals surface area contributed by atoms with Gasteiger partial charge >= 0.3 is 0 Å². The van der Waals surface area contributed by atoms with Gasteiger partial charge in [-0.05, 0) is 12.1 Å². The van der Waals surface area contributed by atoms with E-state index in [1.54, 1.807) is 41.5 Å². The van der Waals surface area contributed by atoms with Gasteiger partial charge in [-0.25, -0.2) is 8.42 Å². The van der Waals surface area contributed by atoms with E-state index >= 15 is 0 Å². The highest BCUT2D eigenvalue weighted by atomic mass is 32.2. The minimum atomic E-state index is -3.30. The minimum absolute atomic E-state index is 0.149. The Kier molecular flexibility index (Phi) is 3.71. The maximum Gasteiger partial charge on any atom is 0.227 e. The second-order valence-corrected chi connectivity index (χ2v) is 6.16. The summed E-state index contributed by atoms with van der Waals surface area (Å²) in [7, 11) is -3.30. The maximum absolute atomic E-state index is 12.1. The van der Waals surface area contributed by atoms with Gasteiger partial charge in [0, 0.05) is 11.8 Å². The maximum atomic E-state index is 12.1. The molecule has 0 aliphatic carbocycles. The third-order valence-corrected chi connectivity index (χ3v) is 3.71. The molecule has 0 radical (unpaired) electrons. The number of aromatic nitrogens is 2. The van der Waals surface area contributed by atoms with Crippen molar-refractivity contribution in [2.75, 3.05) is 6.26 Å². The summed E-state index contributed by atoms with van der Waals surface area (Å²) in [6.45, 7) is 0.149. The fraction of sp³-hybridized carbons (Fsp3) is 0.154. The summed E-state index contributed by atoms with van der Waals surface area (Å²) >= 11 is 0. The number of benzene rings is 1. The van der Waals surface area contributed by atoms with Gasteiger partial charge < -0.3 is 0 Å². The first-order chi connectivity index (χ1) is 8.97. The van der Waals surface area contributed by atoms with E-state index in [1.165, 1.54) is 12.1 Å². The molecule has 6 heteroatoms. The molecule has 5 nitrogen and oxygen atoms in total. The molecule has 1 aromatic carbocycles. The molecule has 0 unspecified atom stereocenters. The smallest absolute Gasteiger partial charge is 0.227 e. The number of ketones is 1. The molecule has 2 aromatic rings. The molecule has 0 fully saturated rings. The molecule has 2 rings (SSSR count). The molecule has 0 saturated carbocycles. The number of carbonyl (C=O) groups excluding carboxylic acids is 1. The molecule has 0 N–H and O–H groups in total. The molecule has 0 aliphatic rings. The van der Waals surface area contributed by atoms with Crippen molar-refractivity contribution in [1.29, 1.82) is 0 Å². The van der Waals surface area contributed by atoms with Crippen LogP contribution in [0.4, 0.5) is 0 Å². The lowest BCUT2D eigenvalue weighted by atomic mass is 10.1. The molecule has 0 aliphatic heterocycles. The summed E-state index contributed by atoms with van der Waals surface area (Å²) in [5.41, 5.74) is 0.382. The van der Waals surface area contributed by atoms with Crippen molar-refractivity contribution < 1.29 is 17.8 Å². The predicted molar refractivity (Wildman–Crippen MR) is 68.3 cm³/mol. The van der Waals surface area contributed by atoms with Gasteiger partial charge in [-0.15, -0.1) is 0 Å². The zero-order valence-electron chi connectivity index (χ0n) is 10.4. The molecule has 0 spiro atoms. The molecule has 19 heavy (non-hydrogen) atoms. The standard InChI is InChI=1S/C13H13N2O3S/c1-19(17,18)12-4-2-3-11(9-12)13(16)10-15-7-5-14-6-8-15/h2-9H,10H2,1H3/q+1. The predicted octanol–water partition coefficient (Wildman–Crippen LogP) is 0.655. The van der Waals surface area contributed by atoms with Crippen LogP contribution in [-0.2, 0) is 16.4 Å². The van der Waals surface area contributed by atoms with Gasteiger partial charge in [0.1, 0.15) is 0 Å². The van der Waals surface area contributed by atoms with Crippen LogP contribution in [0.25, 0.3) is 0 Å². The van der Waals surface area contributed by atoms with Crippen molar-refractivity contribution in [2.45, 2.75) is 11.4 Å².